The molecule has 1 fully saturated rings. The molecule has 1 aliphatic rings. The van der Waals surface area contributed by atoms with Gasteiger partial charge in [-0.3, -0.25) is 0 Å². The molecule has 15 heavy (non-hydrogen) atoms. The molecule has 1 aliphatic heterocycles. The smallest absolute Gasteiger partial charge is 0.118 e. The molecule has 2 rings (SSSR count). The molecule has 1 unspecified atom stereocenters. The van der Waals surface area contributed by atoms with Crippen LogP contribution in [0.5, 0.6) is 5.75 Å². The topological polar surface area (TPSA) is 18.5 Å². The molecule has 0 radical (unpaired) electrons. The van der Waals surface area contributed by atoms with E-state index in [4.69, 9.17) is 9.47 Å². The van der Waals surface area contributed by atoms with Crippen molar-refractivity contribution in [3.63, 3.8) is 0 Å². The van der Waals surface area contributed by atoms with Crippen LogP contribution in [0.2, 0.25) is 0 Å². The minimum Gasteiger partial charge on any atom is -0.497 e. The van der Waals surface area contributed by atoms with Crippen molar-refractivity contribution in [2.75, 3.05) is 13.7 Å². The van der Waals surface area contributed by atoms with Gasteiger partial charge in [0.25, 0.3) is 0 Å². The van der Waals surface area contributed by atoms with Crippen LogP contribution < -0.4 is 4.74 Å². The lowest BCUT2D eigenvalue weighted by molar-refractivity contribution is 0.0728. The second-order valence-electron chi connectivity index (χ2n) is 3.59. The van der Waals surface area contributed by atoms with Gasteiger partial charge in [-0.2, -0.15) is 0 Å². The monoisotopic (exact) mass is 224 g/mol. The van der Waals surface area contributed by atoms with Crippen LogP contribution >= 0.6 is 11.8 Å². The first-order valence-electron chi connectivity index (χ1n) is 5.31. The molecule has 82 valence electrons. The lowest BCUT2D eigenvalue weighted by Gasteiger charge is -2.21. The van der Waals surface area contributed by atoms with Crippen LogP contribution in [0.15, 0.2) is 29.2 Å². The summed E-state index contributed by atoms with van der Waals surface area (Å²) in [5.74, 6) is 0.906. The van der Waals surface area contributed by atoms with Crippen LogP contribution in [0.4, 0.5) is 0 Å². The normalized spacial score (nSPS) is 21.3. The lowest BCUT2D eigenvalue weighted by atomic mass is 10.2. The van der Waals surface area contributed by atoms with E-state index in [0.717, 1.165) is 18.8 Å². The maximum Gasteiger partial charge on any atom is 0.118 e. The summed E-state index contributed by atoms with van der Waals surface area (Å²) < 4.78 is 10.8. The van der Waals surface area contributed by atoms with Crippen molar-refractivity contribution < 1.29 is 9.47 Å². The fourth-order valence-electron chi connectivity index (χ4n) is 1.61. The minimum absolute atomic E-state index is 0.340. The Bertz CT molecular complexity index is 291. The first-order chi connectivity index (χ1) is 7.38. The van der Waals surface area contributed by atoms with Crippen LogP contribution in [-0.2, 0) is 4.74 Å². The number of hydrogen-bond donors (Lipinski definition) is 0. The average molecular weight is 224 g/mol. The Morgan fingerprint density at radius 2 is 2.07 bits per heavy atom. The summed E-state index contributed by atoms with van der Waals surface area (Å²) in [6.45, 7) is 0.911. The van der Waals surface area contributed by atoms with Gasteiger partial charge in [0.1, 0.15) is 11.2 Å². The molecule has 2 nitrogen and oxygen atoms in total. The second-order valence-corrected chi connectivity index (χ2v) is 4.82. The molecule has 1 saturated heterocycles. The van der Waals surface area contributed by atoms with Gasteiger partial charge in [0, 0.05) is 11.5 Å². The van der Waals surface area contributed by atoms with E-state index in [-0.39, 0.29) is 0 Å². The van der Waals surface area contributed by atoms with Gasteiger partial charge in [-0.05, 0) is 43.5 Å². The van der Waals surface area contributed by atoms with Crippen LogP contribution in [0.3, 0.4) is 0 Å². The predicted octanol–water partition coefficient (Wildman–Crippen LogP) is 3.31. The maximum absolute atomic E-state index is 5.67. The number of rotatable bonds is 3. The highest BCUT2D eigenvalue weighted by Gasteiger charge is 2.14. The van der Waals surface area contributed by atoms with Crippen molar-refractivity contribution in [2.24, 2.45) is 0 Å². The van der Waals surface area contributed by atoms with Gasteiger partial charge >= 0.3 is 0 Å². The molecular weight excluding hydrogens is 208 g/mol. The van der Waals surface area contributed by atoms with Crippen molar-refractivity contribution in [3.05, 3.63) is 24.3 Å². The highest BCUT2D eigenvalue weighted by Crippen LogP contribution is 2.30. The zero-order chi connectivity index (χ0) is 10.5. The van der Waals surface area contributed by atoms with Crippen molar-refractivity contribution in [1.82, 2.24) is 0 Å². The molecule has 0 saturated carbocycles. The van der Waals surface area contributed by atoms with Crippen LogP contribution in [-0.4, -0.2) is 19.2 Å². The Morgan fingerprint density at radius 3 is 2.67 bits per heavy atom. The Kier molecular flexibility index (Phi) is 3.92. The zero-order valence-electron chi connectivity index (χ0n) is 8.94. The summed E-state index contributed by atoms with van der Waals surface area (Å²) in [4.78, 5) is 1.25. The van der Waals surface area contributed by atoms with E-state index in [2.05, 4.69) is 12.1 Å². The third-order valence-electron chi connectivity index (χ3n) is 2.46. The molecule has 1 aromatic carbocycles. The first kappa shape index (κ1) is 10.8. The molecule has 0 spiro atoms. The number of hydrogen-bond acceptors (Lipinski definition) is 3. The minimum atomic E-state index is 0.340. The molecule has 3 heteroatoms. The second kappa shape index (κ2) is 5.42. The predicted molar refractivity (Wildman–Crippen MR) is 62.4 cm³/mol. The fraction of sp³-hybridized carbons (Fsp3) is 0.500. The van der Waals surface area contributed by atoms with Crippen molar-refractivity contribution in [1.29, 1.82) is 0 Å². The summed E-state index contributed by atoms with van der Waals surface area (Å²) in [6.07, 6.45) is 3.66. The average Bonchev–Trinajstić information content (AvgIpc) is 2.31. The molecular formula is C12H16O2S. The summed E-state index contributed by atoms with van der Waals surface area (Å²) in [6, 6.07) is 8.15. The molecule has 0 aromatic heterocycles. The molecule has 1 aromatic rings. The molecule has 1 heterocycles. The maximum atomic E-state index is 5.67. The molecule has 1 atom stereocenters. The van der Waals surface area contributed by atoms with E-state index >= 15 is 0 Å². The van der Waals surface area contributed by atoms with E-state index in [1.165, 1.54) is 17.7 Å². The highest BCUT2D eigenvalue weighted by atomic mass is 32.2. The third kappa shape index (κ3) is 3.14. The van der Waals surface area contributed by atoms with Gasteiger partial charge in [0.15, 0.2) is 0 Å². The Morgan fingerprint density at radius 1 is 1.27 bits per heavy atom. The molecule has 0 amide bonds. The Balaban J connectivity index is 1.91. The van der Waals surface area contributed by atoms with E-state index in [9.17, 15) is 0 Å². The zero-order valence-corrected chi connectivity index (χ0v) is 9.76. The van der Waals surface area contributed by atoms with Crippen LogP contribution in [0.25, 0.3) is 0 Å². The number of ether oxygens (including phenoxy) is 2. The van der Waals surface area contributed by atoms with Gasteiger partial charge in [-0.25, -0.2) is 0 Å². The summed E-state index contributed by atoms with van der Waals surface area (Å²) in [7, 11) is 1.69. The van der Waals surface area contributed by atoms with Crippen LogP contribution in [0, 0.1) is 0 Å². The van der Waals surface area contributed by atoms with Gasteiger partial charge in [-0.1, -0.05) is 11.8 Å². The first-order valence-corrected chi connectivity index (χ1v) is 6.19. The highest BCUT2D eigenvalue weighted by molar-refractivity contribution is 7.99. The van der Waals surface area contributed by atoms with Crippen molar-refractivity contribution in [3.8, 4) is 5.75 Å². The van der Waals surface area contributed by atoms with Gasteiger partial charge < -0.3 is 9.47 Å². The third-order valence-corrected chi connectivity index (χ3v) is 3.64. The Hall–Kier alpha value is -0.670. The number of methoxy groups -OCH3 is 1. The van der Waals surface area contributed by atoms with Gasteiger partial charge in [-0.15, -0.1) is 0 Å². The van der Waals surface area contributed by atoms with E-state index in [1.807, 2.05) is 12.1 Å². The number of thioether (sulfide) groups is 1. The molecule has 0 N–H and O–H groups in total. The molecule has 0 aliphatic carbocycles. The van der Waals surface area contributed by atoms with E-state index in [1.54, 1.807) is 18.9 Å². The van der Waals surface area contributed by atoms with Gasteiger partial charge in [0.2, 0.25) is 0 Å². The lowest BCUT2D eigenvalue weighted by Crippen LogP contribution is -2.14. The molecule has 0 bridgehead atoms. The van der Waals surface area contributed by atoms with E-state index < -0.39 is 0 Å². The number of benzene rings is 1. The summed E-state index contributed by atoms with van der Waals surface area (Å²) >= 11 is 1.81. The standard InChI is InChI=1S/C12H16O2S/c1-13-10-5-7-11(8-6-10)15-12-4-2-3-9-14-12/h5-8,12H,2-4,9H2,1H3. The largest absolute Gasteiger partial charge is 0.497 e. The SMILES string of the molecule is COc1ccc(SC2CCCCO2)cc1. The van der Waals surface area contributed by atoms with E-state index in [0.29, 0.717) is 5.44 Å². The summed E-state index contributed by atoms with van der Waals surface area (Å²) in [5, 5.41) is 0. The van der Waals surface area contributed by atoms with Gasteiger partial charge in [0.05, 0.1) is 7.11 Å². The Labute approximate surface area is 95.0 Å². The fourth-order valence-corrected chi connectivity index (χ4v) is 2.66. The summed E-state index contributed by atoms with van der Waals surface area (Å²) in [5.41, 5.74) is 0.340. The van der Waals surface area contributed by atoms with Crippen LogP contribution in [0.1, 0.15) is 19.3 Å². The van der Waals surface area contributed by atoms with Crippen molar-refractivity contribution in [2.45, 2.75) is 29.6 Å². The van der Waals surface area contributed by atoms with Crippen molar-refractivity contribution >= 4 is 11.8 Å². The quantitative estimate of drug-likeness (QED) is 0.784.